The molecule has 0 unspecified atom stereocenters. The maximum Gasteiger partial charge on any atom is 0.254 e. The monoisotopic (exact) mass is 913 g/mol. The molecular weight excluding hydrogens is 887 g/mol. The Bertz CT molecular complexity index is 2570. The molecule has 298 valence electrons. The predicted octanol–water partition coefficient (Wildman–Crippen LogP) is 9.44. The van der Waals surface area contributed by atoms with Crippen molar-refractivity contribution in [1.82, 2.24) is 15.0 Å². The minimum absolute atomic E-state index is 0.0554. The third-order valence-corrected chi connectivity index (χ3v) is 11.6. The number of carbonyl (C=O) groups excluding carboxylic acids is 2. The van der Waals surface area contributed by atoms with Crippen LogP contribution in [0.15, 0.2) is 88.2 Å². The molecule has 4 aromatic carbocycles. The number of benzene rings is 4. The van der Waals surface area contributed by atoms with Gasteiger partial charge < -0.3 is 30.4 Å². The Morgan fingerprint density at radius 2 is 1.14 bits per heavy atom. The number of amides is 2. The van der Waals surface area contributed by atoms with E-state index in [-0.39, 0.29) is 24.7 Å². The van der Waals surface area contributed by atoms with Crippen molar-refractivity contribution in [3.63, 3.8) is 0 Å². The molecule has 0 atom stereocenters. The second-order valence-corrected chi connectivity index (χ2v) is 16.0. The molecule has 4 N–H and O–H groups in total. The highest BCUT2D eigenvalue weighted by Crippen LogP contribution is 2.39. The van der Waals surface area contributed by atoms with Gasteiger partial charge in [0.1, 0.15) is 62.5 Å². The number of thiazole rings is 3. The summed E-state index contributed by atoms with van der Waals surface area (Å²) in [5.41, 5.74) is 11.5. The van der Waals surface area contributed by atoms with Crippen molar-refractivity contribution >= 4 is 61.8 Å². The van der Waals surface area contributed by atoms with Gasteiger partial charge in [0.25, 0.3) is 11.8 Å². The van der Waals surface area contributed by atoms with E-state index in [9.17, 15) is 27.2 Å². The average molecular weight is 915 g/mol. The Hall–Kier alpha value is -5.89. The van der Waals surface area contributed by atoms with Crippen molar-refractivity contribution in [2.45, 2.75) is 13.2 Å². The number of nitrogens with two attached hydrogens (primary N) is 2. The van der Waals surface area contributed by atoms with Crippen LogP contribution < -0.4 is 30.4 Å². The highest BCUT2D eigenvalue weighted by Gasteiger charge is 2.22. The highest BCUT2D eigenvalue weighted by molar-refractivity contribution is 9.11. The zero-order valence-corrected chi connectivity index (χ0v) is 34.1. The van der Waals surface area contributed by atoms with Gasteiger partial charge in [0, 0.05) is 22.7 Å². The number of nitrogens with zero attached hydrogens (tertiary/aromatic N) is 3. The molecule has 0 radical (unpaired) electrons. The molecule has 0 aliphatic rings. The van der Waals surface area contributed by atoms with Gasteiger partial charge in [0.05, 0.1) is 34.3 Å². The molecule has 11 nitrogen and oxygen atoms in total. The van der Waals surface area contributed by atoms with Crippen LogP contribution in [0.25, 0.3) is 32.4 Å². The smallest absolute Gasteiger partial charge is 0.254 e. The number of rotatable bonds is 13. The second kappa shape index (κ2) is 18.6. The summed E-state index contributed by atoms with van der Waals surface area (Å²) < 4.78 is 77.8. The van der Waals surface area contributed by atoms with Crippen molar-refractivity contribution < 1.29 is 46.1 Å². The Morgan fingerprint density at radius 1 is 0.672 bits per heavy atom. The van der Waals surface area contributed by atoms with Crippen LogP contribution >= 0.6 is 49.9 Å². The van der Waals surface area contributed by atoms with Crippen LogP contribution in [0.3, 0.4) is 0 Å². The lowest BCUT2D eigenvalue weighted by molar-refractivity contribution is 0.0982. The number of ether oxygens (including phenoxy) is 4. The van der Waals surface area contributed by atoms with Crippen LogP contribution in [-0.4, -0.2) is 41.0 Å². The van der Waals surface area contributed by atoms with Gasteiger partial charge in [-0.15, -0.1) is 34.0 Å². The summed E-state index contributed by atoms with van der Waals surface area (Å²) in [6, 6.07) is 18.9. The summed E-state index contributed by atoms with van der Waals surface area (Å²) in [6.07, 6.45) is 1.70. The van der Waals surface area contributed by atoms with Crippen LogP contribution in [0.5, 0.6) is 23.0 Å². The quantitative estimate of drug-likeness (QED) is 0.107. The lowest BCUT2D eigenvalue weighted by Gasteiger charge is -2.08. The summed E-state index contributed by atoms with van der Waals surface area (Å²) in [5.74, 6) is -5.87. The van der Waals surface area contributed by atoms with Crippen molar-refractivity contribution in [2.24, 2.45) is 11.5 Å². The zero-order valence-electron chi connectivity index (χ0n) is 30.1. The minimum atomic E-state index is -1.21. The van der Waals surface area contributed by atoms with Gasteiger partial charge >= 0.3 is 0 Å². The molecule has 0 aliphatic heterocycles. The fourth-order valence-corrected chi connectivity index (χ4v) is 8.54. The number of methoxy groups -OCH3 is 2. The van der Waals surface area contributed by atoms with E-state index < -0.39 is 46.2 Å². The van der Waals surface area contributed by atoms with Crippen LogP contribution in [-0.2, 0) is 13.2 Å². The van der Waals surface area contributed by atoms with Gasteiger partial charge in [-0.2, -0.15) is 0 Å². The molecule has 7 aromatic rings. The molecule has 7 rings (SSSR count). The minimum Gasteiger partial charge on any atom is -0.497 e. The fourth-order valence-electron chi connectivity index (χ4n) is 5.20. The number of primary amides is 2. The molecule has 58 heavy (non-hydrogen) atoms. The van der Waals surface area contributed by atoms with Gasteiger partial charge in [0.2, 0.25) is 0 Å². The highest BCUT2D eigenvalue weighted by atomic mass is 79.9. The molecule has 2 amide bonds. The normalized spacial score (nSPS) is 10.7. The standard InChI is InChI=1S/C21H15F2N3O3S2.C18H13BrF2N2O3S/c1-28-12-4-2-11(3-5-12)18-19(21-25-8-9-30-21)31-15(26-18)10-29-14-7-6-13(22)16(17(14)23)20(24)27;1-25-10-4-2-9(3-5-10)16-17(19)27-13(23-16)8-26-12-7-6-11(20)14(15(12)21)18(22)24/h2-9H,10H2,1H3,(H2,24,27);2-7H,8H2,1H3,(H2,22,24). The van der Waals surface area contributed by atoms with E-state index >= 15 is 0 Å². The van der Waals surface area contributed by atoms with Gasteiger partial charge in [0.15, 0.2) is 23.1 Å². The largest absolute Gasteiger partial charge is 0.497 e. The lowest BCUT2D eigenvalue weighted by Crippen LogP contribution is -2.16. The van der Waals surface area contributed by atoms with Crippen LogP contribution in [0.4, 0.5) is 17.6 Å². The molecule has 0 saturated heterocycles. The van der Waals surface area contributed by atoms with E-state index in [0.717, 1.165) is 60.6 Å². The number of hydrogen-bond acceptors (Lipinski definition) is 12. The summed E-state index contributed by atoms with van der Waals surface area (Å²) in [5, 5.41) is 3.78. The molecule has 19 heteroatoms. The van der Waals surface area contributed by atoms with Gasteiger partial charge in [-0.3, -0.25) is 9.59 Å². The van der Waals surface area contributed by atoms with E-state index in [1.807, 2.05) is 53.9 Å². The van der Waals surface area contributed by atoms with Crippen LogP contribution in [0.2, 0.25) is 0 Å². The van der Waals surface area contributed by atoms with Gasteiger partial charge in [-0.1, -0.05) is 0 Å². The lowest BCUT2D eigenvalue weighted by atomic mass is 10.1. The van der Waals surface area contributed by atoms with Crippen LogP contribution in [0, 0.1) is 23.3 Å². The summed E-state index contributed by atoms with van der Waals surface area (Å²) in [4.78, 5) is 36.8. The van der Waals surface area contributed by atoms with Crippen molar-refractivity contribution in [1.29, 1.82) is 0 Å². The topological polar surface area (TPSA) is 162 Å². The Kier molecular flexibility index (Phi) is 13.4. The van der Waals surface area contributed by atoms with E-state index in [4.69, 9.17) is 30.4 Å². The predicted molar refractivity (Wildman–Crippen MR) is 215 cm³/mol. The molecule has 0 spiro atoms. The number of hydrogen-bond donors (Lipinski definition) is 2. The molecule has 0 bridgehead atoms. The third-order valence-electron chi connectivity index (χ3n) is 7.96. The van der Waals surface area contributed by atoms with Gasteiger partial charge in [-0.05, 0) is 88.7 Å². The first-order chi connectivity index (χ1) is 27.9. The van der Waals surface area contributed by atoms with Gasteiger partial charge in [-0.25, -0.2) is 32.5 Å². The first-order valence-corrected chi connectivity index (χ1v) is 19.8. The summed E-state index contributed by atoms with van der Waals surface area (Å²) in [6.45, 7) is -0.139. The second-order valence-electron chi connectivity index (χ2n) is 11.6. The maximum absolute atomic E-state index is 14.4. The molecule has 3 aromatic heterocycles. The number of aromatic nitrogens is 3. The number of carbonyl (C=O) groups is 2. The Labute approximate surface area is 348 Å². The van der Waals surface area contributed by atoms with E-state index in [1.165, 1.54) is 34.0 Å². The van der Waals surface area contributed by atoms with Crippen LogP contribution in [0.1, 0.15) is 30.7 Å². The summed E-state index contributed by atoms with van der Waals surface area (Å²) >= 11 is 7.60. The first-order valence-electron chi connectivity index (χ1n) is 16.5. The van der Waals surface area contributed by atoms with Crippen molar-refractivity contribution in [3.05, 3.63) is 133 Å². The molecule has 0 aliphatic carbocycles. The van der Waals surface area contributed by atoms with E-state index in [2.05, 4.69) is 30.9 Å². The maximum atomic E-state index is 14.4. The van der Waals surface area contributed by atoms with E-state index in [0.29, 0.717) is 21.4 Å². The average Bonchev–Trinajstić information content (AvgIpc) is 3.98. The van der Waals surface area contributed by atoms with Crippen molar-refractivity contribution in [3.8, 4) is 55.4 Å². The molecule has 0 saturated carbocycles. The zero-order chi connectivity index (χ0) is 41.5. The fraction of sp³-hybridized carbons (Fsp3) is 0.103. The molecule has 3 heterocycles. The first kappa shape index (κ1) is 41.7. The number of halogens is 5. The Morgan fingerprint density at radius 3 is 1.59 bits per heavy atom. The Balaban J connectivity index is 0.000000198. The molecular formula is C39H28BrF4N5O6S3. The van der Waals surface area contributed by atoms with Crippen molar-refractivity contribution in [2.75, 3.05) is 14.2 Å². The third kappa shape index (κ3) is 9.45. The SMILES string of the molecule is COc1ccc(-c2nc(COc3ccc(F)c(C(N)=O)c3F)sc2-c2nccs2)cc1.COc1ccc(-c2nc(COc3ccc(F)c(C(N)=O)c3F)sc2Br)cc1. The summed E-state index contributed by atoms with van der Waals surface area (Å²) in [7, 11) is 3.17. The molecule has 0 fully saturated rings. The van der Waals surface area contributed by atoms with E-state index in [1.54, 1.807) is 20.4 Å².